The van der Waals surface area contributed by atoms with Crippen molar-refractivity contribution in [3.63, 3.8) is 0 Å². The number of aliphatic hydroxyl groups is 1. The Morgan fingerprint density at radius 1 is 0.974 bits per heavy atom. The number of likely N-dealkylation sites (tertiary alicyclic amines) is 1. The number of aryl methyl sites for hydroxylation is 1. The molecule has 6 nitrogen and oxygen atoms in total. The zero-order valence-corrected chi connectivity index (χ0v) is 22.3. The van der Waals surface area contributed by atoms with Gasteiger partial charge in [0.05, 0.1) is 11.6 Å². The van der Waals surface area contributed by atoms with E-state index in [2.05, 4.69) is 27.0 Å². The van der Waals surface area contributed by atoms with Crippen molar-refractivity contribution in [1.29, 1.82) is 0 Å². The molecule has 7 heteroatoms. The van der Waals surface area contributed by atoms with Gasteiger partial charge >= 0.3 is 0 Å². The van der Waals surface area contributed by atoms with Gasteiger partial charge in [-0.25, -0.2) is 0 Å². The molecule has 0 spiro atoms. The van der Waals surface area contributed by atoms with E-state index in [9.17, 15) is 14.7 Å². The number of hydrogen-bond donors (Lipinski definition) is 1. The van der Waals surface area contributed by atoms with Crippen molar-refractivity contribution >= 4 is 33.4 Å². The fraction of sp³-hybridized carbons (Fsp3) is 0.129. The minimum Gasteiger partial charge on any atom is -0.507 e. The van der Waals surface area contributed by atoms with Gasteiger partial charge in [0.25, 0.3) is 11.7 Å². The van der Waals surface area contributed by atoms with Gasteiger partial charge in [-0.1, -0.05) is 64.0 Å². The summed E-state index contributed by atoms with van der Waals surface area (Å²) in [6.07, 6.45) is 3.31. The predicted molar refractivity (Wildman–Crippen MR) is 148 cm³/mol. The molecule has 1 aliphatic rings. The summed E-state index contributed by atoms with van der Waals surface area (Å²) in [6, 6.07) is 25.2. The van der Waals surface area contributed by atoms with Crippen LogP contribution < -0.4 is 4.74 Å². The lowest BCUT2D eigenvalue weighted by Gasteiger charge is -2.25. The molecule has 1 fully saturated rings. The topological polar surface area (TPSA) is 79.7 Å². The van der Waals surface area contributed by atoms with E-state index in [-0.39, 0.29) is 17.9 Å². The van der Waals surface area contributed by atoms with Crippen molar-refractivity contribution in [2.24, 2.45) is 0 Å². The lowest BCUT2D eigenvalue weighted by molar-refractivity contribution is -0.140. The molecule has 5 rings (SSSR count). The largest absolute Gasteiger partial charge is 0.507 e. The van der Waals surface area contributed by atoms with Crippen molar-refractivity contribution in [2.75, 3.05) is 0 Å². The van der Waals surface area contributed by atoms with Crippen molar-refractivity contribution in [1.82, 2.24) is 9.88 Å². The van der Waals surface area contributed by atoms with E-state index in [1.807, 2.05) is 55.5 Å². The first-order chi connectivity index (χ1) is 18.4. The Balaban J connectivity index is 1.47. The van der Waals surface area contributed by atoms with E-state index in [4.69, 9.17) is 4.74 Å². The molecule has 1 aromatic heterocycles. The Labute approximate surface area is 229 Å². The SMILES string of the molecule is Cc1cccc(COc2ccc(/C(O)=C3/C(=O)C(=O)N(Cc4cccnc4)C3c3cccc(Br)c3)cc2)c1. The number of benzene rings is 3. The van der Waals surface area contributed by atoms with Crippen molar-refractivity contribution in [3.8, 4) is 5.75 Å². The number of Topliss-reactive ketones (excluding diaryl/α,β-unsaturated/α-hetero) is 1. The highest BCUT2D eigenvalue weighted by atomic mass is 79.9. The Kier molecular flexibility index (Phi) is 7.38. The quantitative estimate of drug-likeness (QED) is 0.159. The van der Waals surface area contributed by atoms with Crippen LogP contribution in [0.3, 0.4) is 0 Å². The molecule has 1 unspecified atom stereocenters. The Morgan fingerprint density at radius 2 is 1.74 bits per heavy atom. The van der Waals surface area contributed by atoms with Crippen LogP contribution in [-0.2, 0) is 22.7 Å². The number of pyridine rings is 1. The highest BCUT2D eigenvalue weighted by Crippen LogP contribution is 2.41. The van der Waals surface area contributed by atoms with E-state index >= 15 is 0 Å². The van der Waals surface area contributed by atoms with E-state index in [1.165, 1.54) is 4.90 Å². The first kappa shape index (κ1) is 25.4. The maximum atomic E-state index is 13.3. The van der Waals surface area contributed by atoms with Crippen molar-refractivity contribution in [3.05, 3.63) is 135 Å². The third-order valence-corrected chi connectivity index (χ3v) is 6.89. The molecule has 4 aromatic rings. The first-order valence-corrected chi connectivity index (χ1v) is 12.9. The number of carbonyl (C=O) groups excluding carboxylic acids is 2. The zero-order chi connectivity index (χ0) is 26.6. The highest BCUT2D eigenvalue weighted by molar-refractivity contribution is 9.10. The highest BCUT2D eigenvalue weighted by Gasteiger charge is 2.46. The molecule has 1 atom stereocenters. The average Bonchev–Trinajstić information content (AvgIpc) is 3.17. The fourth-order valence-electron chi connectivity index (χ4n) is 4.59. The van der Waals surface area contributed by atoms with Gasteiger partial charge in [0, 0.05) is 29.0 Å². The maximum Gasteiger partial charge on any atom is 0.295 e. The molecule has 0 radical (unpaired) electrons. The maximum absolute atomic E-state index is 13.3. The first-order valence-electron chi connectivity index (χ1n) is 12.1. The summed E-state index contributed by atoms with van der Waals surface area (Å²) in [6.45, 7) is 2.62. The number of ketones is 1. The van der Waals surface area contributed by atoms with Gasteiger partial charge < -0.3 is 14.7 Å². The van der Waals surface area contributed by atoms with Gasteiger partial charge in [-0.3, -0.25) is 14.6 Å². The fourth-order valence-corrected chi connectivity index (χ4v) is 5.00. The molecule has 38 heavy (non-hydrogen) atoms. The summed E-state index contributed by atoms with van der Waals surface area (Å²) in [5.74, 6) is -0.995. The number of carbonyl (C=O) groups is 2. The van der Waals surface area contributed by atoms with Crippen molar-refractivity contribution < 1.29 is 19.4 Å². The predicted octanol–water partition coefficient (Wildman–Crippen LogP) is 6.35. The summed E-state index contributed by atoms with van der Waals surface area (Å²) in [5.41, 5.74) is 4.18. The van der Waals surface area contributed by atoms with E-state index < -0.39 is 17.7 Å². The van der Waals surface area contributed by atoms with Gasteiger partial charge in [0.2, 0.25) is 0 Å². The molecular weight excluding hydrogens is 544 g/mol. The van der Waals surface area contributed by atoms with Crippen LogP contribution in [0.15, 0.2) is 107 Å². The minimum atomic E-state index is -0.759. The molecular formula is C31H25BrN2O4. The van der Waals surface area contributed by atoms with Crippen LogP contribution in [0, 0.1) is 6.92 Å². The van der Waals surface area contributed by atoms with Gasteiger partial charge in [-0.15, -0.1) is 0 Å². The zero-order valence-electron chi connectivity index (χ0n) is 20.7. The van der Waals surface area contributed by atoms with Crippen molar-refractivity contribution in [2.45, 2.75) is 26.1 Å². The van der Waals surface area contributed by atoms with Crippen LogP contribution in [-0.4, -0.2) is 26.7 Å². The van der Waals surface area contributed by atoms with E-state index in [0.717, 1.165) is 21.2 Å². The number of ether oxygens (including phenoxy) is 1. The lowest BCUT2D eigenvalue weighted by Crippen LogP contribution is -2.29. The van der Waals surface area contributed by atoms with Gasteiger partial charge in [0.1, 0.15) is 18.1 Å². The number of rotatable bonds is 7. The third-order valence-electron chi connectivity index (χ3n) is 6.40. The number of halogens is 1. The number of hydrogen-bond acceptors (Lipinski definition) is 5. The average molecular weight is 569 g/mol. The van der Waals surface area contributed by atoms with Crippen LogP contribution in [0.4, 0.5) is 0 Å². The molecule has 1 saturated heterocycles. The van der Waals surface area contributed by atoms with Crippen LogP contribution in [0.2, 0.25) is 0 Å². The lowest BCUT2D eigenvalue weighted by atomic mass is 9.95. The smallest absolute Gasteiger partial charge is 0.295 e. The summed E-state index contributed by atoms with van der Waals surface area (Å²) in [4.78, 5) is 32.1. The summed E-state index contributed by atoms with van der Waals surface area (Å²) in [7, 11) is 0. The number of aliphatic hydroxyl groups excluding tert-OH is 1. The van der Waals surface area contributed by atoms with Gasteiger partial charge in [-0.05, 0) is 66.1 Å². The molecule has 1 amide bonds. The standard InChI is InChI=1S/C31H25BrN2O4/c1-20-5-2-6-21(15-20)19-38-26-12-10-23(11-13-26)29(35)27-28(24-8-3-9-25(32)16-24)34(31(37)30(27)36)18-22-7-4-14-33-17-22/h2-17,28,35H,18-19H2,1H3/b29-27-. The molecule has 0 bridgehead atoms. The molecule has 190 valence electrons. The number of aromatic nitrogens is 1. The molecule has 1 aliphatic heterocycles. The van der Waals surface area contributed by atoms with Crippen LogP contribution >= 0.6 is 15.9 Å². The molecule has 0 aliphatic carbocycles. The molecule has 3 aromatic carbocycles. The Morgan fingerprint density at radius 3 is 2.45 bits per heavy atom. The summed E-state index contributed by atoms with van der Waals surface area (Å²) in [5, 5.41) is 11.3. The van der Waals surface area contributed by atoms with Crippen LogP contribution in [0.1, 0.15) is 33.9 Å². The Bertz CT molecular complexity index is 1520. The van der Waals surface area contributed by atoms with Gasteiger partial charge in [0.15, 0.2) is 0 Å². The van der Waals surface area contributed by atoms with Gasteiger partial charge in [-0.2, -0.15) is 0 Å². The summed E-state index contributed by atoms with van der Waals surface area (Å²) < 4.78 is 6.70. The second kappa shape index (κ2) is 11.0. The third kappa shape index (κ3) is 5.38. The second-order valence-corrected chi connectivity index (χ2v) is 10.1. The minimum absolute atomic E-state index is 0.0467. The second-order valence-electron chi connectivity index (χ2n) is 9.15. The number of nitrogens with zero attached hydrogens (tertiary/aromatic N) is 2. The van der Waals surface area contributed by atoms with E-state index in [1.54, 1.807) is 42.7 Å². The normalized spacial score (nSPS) is 16.6. The molecule has 2 heterocycles. The van der Waals surface area contributed by atoms with Crippen LogP contribution in [0.5, 0.6) is 5.75 Å². The Hall–Kier alpha value is -4.23. The summed E-state index contributed by atoms with van der Waals surface area (Å²) >= 11 is 3.48. The van der Waals surface area contributed by atoms with Crippen LogP contribution in [0.25, 0.3) is 5.76 Å². The monoisotopic (exact) mass is 568 g/mol. The van der Waals surface area contributed by atoms with E-state index in [0.29, 0.717) is 23.5 Å². The molecule has 1 N–H and O–H groups in total. The molecule has 0 saturated carbocycles. The number of amides is 1.